The molecule has 0 heterocycles. The van der Waals surface area contributed by atoms with E-state index >= 15 is 0 Å². The molecule has 1 saturated carbocycles. The van der Waals surface area contributed by atoms with E-state index in [-0.39, 0.29) is 12.8 Å². The van der Waals surface area contributed by atoms with Crippen LogP contribution in [0.5, 0.6) is 0 Å². The Labute approximate surface area is 149 Å². The summed E-state index contributed by atoms with van der Waals surface area (Å²) in [4.78, 5) is 36.3. The van der Waals surface area contributed by atoms with Crippen molar-refractivity contribution < 1.29 is 33.7 Å². The van der Waals surface area contributed by atoms with E-state index in [1.54, 1.807) is 41.5 Å². The van der Waals surface area contributed by atoms with Gasteiger partial charge in [0.15, 0.2) is 0 Å². The summed E-state index contributed by atoms with van der Waals surface area (Å²) >= 11 is 0. The number of carbonyl (C=O) groups is 3. The van der Waals surface area contributed by atoms with Gasteiger partial charge in [-0.1, -0.05) is 0 Å². The smallest absolute Gasteiger partial charge is 0.310 e. The van der Waals surface area contributed by atoms with Crippen LogP contribution in [0.15, 0.2) is 0 Å². The Morgan fingerprint density at radius 1 is 0.840 bits per heavy atom. The van der Waals surface area contributed by atoms with Gasteiger partial charge in [0, 0.05) is 13.3 Å². The van der Waals surface area contributed by atoms with Gasteiger partial charge in [-0.25, -0.2) is 0 Å². The van der Waals surface area contributed by atoms with Crippen molar-refractivity contribution in [1.29, 1.82) is 0 Å². The number of hydrogen-bond acceptors (Lipinski definition) is 7. The zero-order valence-corrected chi connectivity index (χ0v) is 16.1. The summed E-state index contributed by atoms with van der Waals surface area (Å²) in [6.45, 7) is 11.6. The number of carbonyl (C=O) groups excluding carboxylic acids is 3. The predicted molar refractivity (Wildman–Crippen MR) is 89.5 cm³/mol. The standard InChI is InChI=1S/C18H30O7/c1-10(19)23-14-9-12(16(22)25-18(5,6)7)11(8-13(14)20)15(21)24-17(2,3)4/h11-14,20H,8-9H2,1-7H3/t11-,12-,13-,14+/m0/s1. The summed E-state index contributed by atoms with van der Waals surface area (Å²) in [7, 11) is 0. The minimum Gasteiger partial charge on any atom is -0.460 e. The van der Waals surface area contributed by atoms with Crippen LogP contribution in [-0.2, 0) is 28.6 Å². The molecule has 0 amide bonds. The largest absolute Gasteiger partial charge is 0.460 e. The lowest BCUT2D eigenvalue weighted by Crippen LogP contribution is -2.49. The molecule has 7 nitrogen and oxygen atoms in total. The number of aliphatic hydroxyl groups excluding tert-OH is 1. The van der Waals surface area contributed by atoms with Crippen LogP contribution < -0.4 is 0 Å². The van der Waals surface area contributed by atoms with E-state index in [0.717, 1.165) is 0 Å². The Balaban J connectivity index is 3.03. The highest BCUT2D eigenvalue weighted by Crippen LogP contribution is 2.35. The molecule has 0 aromatic carbocycles. The topological polar surface area (TPSA) is 99.1 Å². The Kier molecular flexibility index (Phi) is 6.61. The van der Waals surface area contributed by atoms with Gasteiger partial charge in [-0.2, -0.15) is 0 Å². The maximum absolute atomic E-state index is 12.6. The first-order valence-corrected chi connectivity index (χ1v) is 8.50. The van der Waals surface area contributed by atoms with Gasteiger partial charge in [0.2, 0.25) is 0 Å². The lowest BCUT2D eigenvalue weighted by molar-refractivity contribution is -0.185. The number of aliphatic hydroxyl groups is 1. The van der Waals surface area contributed by atoms with Gasteiger partial charge in [0.25, 0.3) is 0 Å². The Hall–Kier alpha value is -1.63. The minimum atomic E-state index is -1.04. The van der Waals surface area contributed by atoms with Gasteiger partial charge >= 0.3 is 17.9 Å². The molecule has 25 heavy (non-hydrogen) atoms. The van der Waals surface area contributed by atoms with E-state index in [0.29, 0.717) is 0 Å². The molecular weight excluding hydrogens is 328 g/mol. The van der Waals surface area contributed by atoms with Crippen molar-refractivity contribution in [3.63, 3.8) is 0 Å². The van der Waals surface area contributed by atoms with Crippen LogP contribution >= 0.6 is 0 Å². The first-order chi connectivity index (χ1) is 11.2. The average molecular weight is 358 g/mol. The summed E-state index contributed by atoms with van der Waals surface area (Å²) in [5, 5.41) is 10.2. The zero-order chi connectivity index (χ0) is 19.6. The first kappa shape index (κ1) is 21.4. The van der Waals surface area contributed by atoms with Crippen LogP contribution in [0.25, 0.3) is 0 Å². The molecule has 0 bridgehead atoms. The molecule has 0 saturated heterocycles. The minimum absolute atomic E-state index is 0.0135. The van der Waals surface area contributed by atoms with Crippen LogP contribution in [0.4, 0.5) is 0 Å². The highest BCUT2D eigenvalue weighted by atomic mass is 16.6. The maximum Gasteiger partial charge on any atom is 0.310 e. The molecule has 4 atom stereocenters. The molecule has 0 unspecified atom stereocenters. The lowest BCUT2D eigenvalue weighted by Gasteiger charge is -2.38. The molecule has 7 heteroatoms. The molecular formula is C18H30O7. The van der Waals surface area contributed by atoms with Crippen LogP contribution in [0.1, 0.15) is 61.3 Å². The quantitative estimate of drug-likeness (QED) is 0.608. The average Bonchev–Trinajstić information content (AvgIpc) is 2.35. The highest BCUT2D eigenvalue weighted by molar-refractivity contribution is 5.83. The number of ether oxygens (including phenoxy) is 3. The second kappa shape index (κ2) is 7.72. The second-order valence-corrected chi connectivity index (χ2v) is 8.47. The summed E-state index contributed by atoms with van der Waals surface area (Å²) in [6, 6.07) is 0. The molecule has 144 valence electrons. The van der Waals surface area contributed by atoms with Crippen LogP contribution in [0.3, 0.4) is 0 Å². The molecule has 0 aliphatic heterocycles. The molecule has 0 aromatic rings. The molecule has 1 aliphatic carbocycles. The van der Waals surface area contributed by atoms with Crippen LogP contribution in [0, 0.1) is 11.8 Å². The maximum atomic E-state index is 12.6. The molecule has 0 spiro atoms. The fourth-order valence-electron chi connectivity index (χ4n) is 2.76. The van der Waals surface area contributed by atoms with Gasteiger partial charge in [-0.05, 0) is 48.0 Å². The third kappa shape index (κ3) is 7.02. The SMILES string of the molecule is CC(=O)O[C@@H]1C[C@H](C(=O)OC(C)(C)C)[C@@H](C(=O)OC(C)(C)C)C[C@@H]1O. The van der Waals surface area contributed by atoms with E-state index in [4.69, 9.17) is 14.2 Å². The molecule has 1 rings (SSSR count). The van der Waals surface area contributed by atoms with Crippen LogP contribution in [0.2, 0.25) is 0 Å². The van der Waals surface area contributed by atoms with Crippen molar-refractivity contribution in [1.82, 2.24) is 0 Å². The van der Waals surface area contributed by atoms with Gasteiger partial charge in [0.05, 0.1) is 17.9 Å². The van der Waals surface area contributed by atoms with E-state index in [9.17, 15) is 19.5 Å². The highest BCUT2D eigenvalue weighted by Gasteiger charge is 2.47. The van der Waals surface area contributed by atoms with Gasteiger partial charge < -0.3 is 19.3 Å². The monoisotopic (exact) mass is 358 g/mol. The van der Waals surface area contributed by atoms with E-state index in [2.05, 4.69) is 0 Å². The predicted octanol–water partition coefficient (Wildman–Crippen LogP) is 1.99. The number of hydrogen-bond donors (Lipinski definition) is 1. The first-order valence-electron chi connectivity index (χ1n) is 8.50. The third-order valence-corrected chi connectivity index (χ3v) is 3.63. The van der Waals surface area contributed by atoms with Crippen LogP contribution in [-0.4, -0.2) is 46.4 Å². The van der Waals surface area contributed by atoms with Crippen molar-refractivity contribution in [2.24, 2.45) is 11.8 Å². The van der Waals surface area contributed by atoms with Gasteiger partial charge in [0.1, 0.15) is 17.3 Å². The molecule has 1 N–H and O–H groups in total. The normalized spacial score (nSPS) is 27.4. The Morgan fingerprint density at radius 2 is 1.24 bits per heavy atom. The fraction of sp³-hybridized carbons (Fsp3) is 0.833. The van der Waals surface area contributed by atoms with E-state index < -0.39 is 53.2 Å². The van der Waals surface area contributed by atoms with Crippen molar-refractivity contribution in [2.75, 3.05) is 0 Å². The van der Waals surface area contributed by atoms with Crippen molar-refractivity contribution in [3.05, 3.63) is 0 Å². The van der Waals surface area contributed by atoms with Gasteiger partial charge in [-0.3, -0.25) is 14.4 Å². The Morgan fingerprint density at radius 3 is 1.60 bits per heavy atom. The molecule has 0 radical (unpaired) electrons. The summed E-state index contributed by atoms with van der Waals surface area (Å²) in [5.74, 6) is -3.38. The van der Waals surface area contributed by atoms with Gasteiger partial charge in [-0.15, -0.1) is 0 Å². The van der Waals surface area contributed by atoms with E-state index in [1.807, 2.05) is 0 Å². The number of rotatable bonds is 3. The number of esters is 3. The fourth-order valence-corrected chi connectivity index (χ4v) is 2.76. The van der Waals surface area contributed by atoms with E-state index in [1.165, 1.54) is 6.92 Å². The Bertz CT molecular complexity index is 512. The van der Waals surface area contributed by atoms with Crippen molar-refractivity contribution in [2.45, 2.75) is 84.7 Å². The van der Waals surface area contributed by atoms with Crippen molar-refractivity contribution in [3.8, 4) is 0 Å². The second-order valence-electron chi connectivity index (χ2n) is 8.47. The molecule has 1 aliphatic rings. The zero-order valence-electron chi connectivity index (χ0n) is 16.1. The summed E-state index contributed by atoms with van der Waals surface area (Å²) in [6.07, 6.45) is -1.91. The van der Waals surface area contributed by atoms with Crippen molar-refractivity contribution >= 4 is 17.9 Å². The molecule has 1 fully saturated rings. The summed E-state index contributed by atoms with van der Waals surface area (Å²) < 4.78 is 15.9. The lowest BCUT2D eigenvalue weighted by atomic mass is 9.76. The molecule has 0 aromatic heterocycles. The third-order valence-electron chi connectivity index (χ3n) is 3.63. The summed E-state index contributed by atoms with van der Waals surface area (Å²) in [5.41, 5.74) is -1.43.